The van der Waals surface area contributed by atoms with Crippen molar-refractivity contribution in [3.05, 3.63) is 89.5 Å². The topological polar surface area (TPSA) is 132 Å². The van der Waals surface area contributed by atoms with E-state index < -0.39 is 17.6 Å². The number of phenolic OH excluding ortho intramolecular Hbond substituents is 1. The Labute approximate surface area is 252 Å². The fraction of sp³-hybridized carbons (Fsp3) is 0.312. The molecule has 7 rings (SSSR count). The van der Waals surface area contributed by atoms with Crippen molar-refractivity contribution in [1.29, 1.82) is 0 Å². The minimum Gasteiger partial charge on any atom is -0.508 e. The van der Waals surface area contributed by atoms with Crippen molar-refractivity contribution in [2.45, 2.75) is 44.6 Å². The van der Waals surface area contributed by atoms with Crippen molar-refractivity contribution in [2.75, 3.05) is 18.8 Å². The lowest BCUT2D eigenvalue weighted by molar-refractivity contribution is -0.173. The minimum absolute atomic E-state index is 0.0595. The van der Waals surface area contributed by atoms with Gasteiger partial charge in [-0.1, -0.05) is 65.9 Å². The van der Waals surface area contributed by atoms with Crippen molar-refractivity contribution in [1.82, 2.24) is 25.0 Å². The second-order valence-corrected chi connectivity index (χ2v) is 12.7. The molecule has 1 spiro atoms. The molecule has 4 aromatic rings. The van der Waals surface area contributed by atoms with Gasteiger partial charge in [-0.3, -0.25) is 9.59 Å². The van der Waals surface area contributed by atoms with Crippen LogP contribution in [0.4, 0.5) is 9.93 Å². The molecule has 3 fully saturated rings. The highest BCUT2D eigenvalue weighted by Gasteiger charge is 2.62. The molecule has 1 saturated carbocycles. The van der Waals surface area contributed by atoms with Crippen LogP contribution in [0.3, 0.4) is 0 Å². The first-order valence-corrected chi connectivity index (χ1v) is 15.2. The number of thiazole rings is 1. The lowest BCUT2D eigenvalue weighted by Gasteiger charge is -2.54. The standard InChI is InChI=1S/C32H32N6O4S/c33-30-35-27-22(7-4-8-25(27)43-30)17-36-18-26-37(31(42)34-16-21-5-2-1-3-6-21)19-32(13-14-32)29(41)38(26)24(28(36)40)15-20-9-11-23(39)12-10-20/h1-12,24,26,39H,13-19H2,(H2,33,35)(H,34,42). The number of hydrogen-bond donors (Lipinski definition) is 3. The Balaban J connectivity index is 1.24. The van der Waals surface area contributed by atoms with Gasteiger partial charge in [-0.25, -0.2) is 9.78 Å². The molecule has 43 heavy (non-hydrogen) atoms. The monoisotopic (exact) mass is 596 g/mol. The van der Waals surface area contributed by atoms with Crippen LogP contribution in [-0.4, -0.2) is 67.9 Å². The number of aromatic nitrogens is 1. The molecule has 0 bridgehead atoms. The van der Waals surface area contributed by atoms with Crippen molar-refractivity contribution in [3.8, 4) is 5.75 Å². The van der Waals surface area contributed by atoms with Crippen LogP contribution in [0.25, 0.3) is 10.2 Å². The molecule has 3 aliphatic rings. The van der Waals surface area contributed by atoms with E-state index in [1.807, 2.05) is 48.5 Å². The first kappa shape index (κ1) is 27.2. The highest BCUT2D eigenvalue weighted by atomic mass is 32.1. The van der Waals surface area contributed by atoms with Crippen molar-refractivity contribution >= 4 is 44.5 Å². The molecule has 1 aromatic heterocycles. The van der Waals surface area contributed by atoms with Gasteiger partial charge in [-0.05, 0) is 47.7 Å². The van der Waals surface area contributed by atoms with Crippen LogP contribution >= 0.6 is 11.3 Å². The van der Waals surface area contributed by atoms with Gasteiger partial charge in [-0.2, -0.15) is 0 Å². The maximum Gasteiger partial charge on any atom is 0.319 e. The van der Waals surface area contributed by atoms with E-state index in [2.05, 4.69) is 10.3 Å². The molecule has 0 radical (unpaired) electrons. The second kappa shape index (κ2) is 10.6. The quantitative estimate of drug-likeness (QED) is 0.311. The molecule has 10 nitrogen and oxygen atoms in total. The summed E-state index contributed by atoms with van der Waals surface area (Å²) in [6.45, 7) is 1.13. The zero-order valence-electron chi connectivity index (χ0n) is 23.5. The summed E-state index contributed by atoms with van der Waals surface area (Å²) in [7, 11) is 0. The third-order valence-electron chi connectivity index (χ3n) is 8.80. The number of fused-ring (bicyclic) bond motifs is 2. The van der Waals surface area contributed by atoms with E-state index in [0.29, 0.717) is 31.1 Å². The van der Waals surface area contributed by atoms with Crippen LogP contribution < -0.4 is 11.1 Å². The first-order valence-electron chi connectivity index (χ1n) is 14.4. The van der Waals surface area contributed by atoms with Gasteiger partial charge in [0.25, 0.3) is 0 Å². The fourth-order valence-electron chi connectivity index (χ4n) is 6.36. The highest BCUT2D eigenvalue weighted by molar-refractivity contribution is 7.22. The van der Waals surface area contributed by atoms with Crippen molar-refractivity contribution in [2.24, 2.45) is 5.41 Å². The number of piperazine rings is 1. The predicted molar refractivity (Wildman–Crippen MR) is 163 cm³/mol. The van der Waals surface area contributed by atoms with Gasteiger partial charge in [-0.15, -0.1) is 0 Å². The smallest absolute Gasteiger partial charge is 0.319 e. The summed E-state index contributed by atoms with van der Waals surface area (Å²) in [5.41, 5.74) is 8.76. The van der Waals surface area contributed by atoms with Gasteiger partial charge < -0.3 is 30.9 Å². The summed E-state index contributed by atoms with van der Waals surface area (Å²) in [6, 6.07) is 21.1. The number of phenols is 1. The Morgan fingerprint density at radius 2 is 1.79 bits per heavy atom. The van der Waals surface area contributed by atoms with Crippen LogP contribution in [0.1, 0.15) is 29.5 Å². The van der Waals surface area contributed by atoms with Gasteiger partial charge in [0.1, 0.15) is 18.0 Å². The summed E-state index contributed by atoms with van der Waals surface area (Å²) in [5, 5.41) is 13.3. The second-order valence-electron chi connectivity index (χ2n) is 11.7. The predicted octanol–water partition coefficient (Wildman–Crippen LogP) is 3.70. The fourth-order valence-corrected chi connectivity index (χ4v) is 7.14. The highest BCUT2D eigenvalue weighted by Crippen LogP contribution is 2.52. The first-order chi connectivity index (χ1) is 20.8. The van der Waals surface area contributed by atoms with E-state index in [-0.39, 0.29) is 43.1 Å². The van der Waals surface area contributed by atoms with E-state index in [4.69, 9.17) is 5.73 Å². The van der Waals surface area contributed by atoms with Crippen LogP contribution in [0.2, 0.25) is 0 Å². The maximum absolute atomic E-state index is 14.3. The summed E-state index contributed by atoms with van der Waals surface area (Å²) in [6.07, 6.45) is 1.01. The molecular weight excluding hydrogens is 564 g/mol. The Morgan fingerprint density at radius 1 is 1.02 bits per heavy atom. The molecule has 220 valence electrons. The zero-order chi connectivity index (χ0) is 29.7. The van der Waals surface area contributed by atoms with E-state index in [1.165, 1.54) is 11.3 Å². The molecule has 2 saturated heterocycles. The number of nitrogens with two attached hydrogens (primary N) is 1. The number of nitrogens with zero attached hydrogens (tertiary/aromatic N) is 4. The lowest BCUT2D eigenvalue weighted by Crippen LogP contribution is -2.74. The van der Waals surface area contributed by atoms with Crippen LogP contribution in [-0.2, 0) is 29.1 Å². The van der Waals surface area contributed by atoms with E-state index in [1.54, 1.807) is 39.0 Å². The lowest BCUT2D eigenvalue weighted by atomic mass is 9.92. The zero-order valence-corrected chi connectivity index (χ0v) is 24.3. The summed E-state index contributed by atoms with van der Waals surface area (Å²) in [4.78, 5) is 51.8. The molecule has 4 amide bonds. The number of rotatable bonds is 6. The number of carbonyl (C=O) groups excluding carboxylic acids is 3. The maximum atomic E-state index is 14.3. The van der Waals surface area contributed by atoms with Gasteiger partial charge in [0.2, 0.25) is 11.8 Å². The Kier molecular flexibility index (Phi) is 6.69. The third kappa shape index (κ3) is 5.03. The number of benzene rings is 3. The Morgan fingerprint density at radius 3 is 2.53 bits per heavy atom. The van der Waals surface area contributed by atoms with Crippen molar-refractivity contribution in [3.63, 3.8) is 0 Å². The number of carbonyl (C=O) groups is 3. The number of anilines is 1. The number of para-hydroxylation sites is 1. The van der Waals surface area contributed by atoms with Gasteiger partial charge in [0.15, 0.2) is 5.13 Å². The van der Waals surface area contributed by atoms with Gasteiger partial charge in [0, 0.05) is 26.1 Å². The Hall–Kier alpha value is -4.64. The third-order valence-corrected chi connectivity index (χ3v) is 9.65. The normalized spacial score (nSPS) is 20.9. The van der Waals surface area contributed by atoms with Crippen LogP contribution in [0.15, 0.2) is 72.8 Å². The molecular formula is C32H32N6O4S. The van der Waals surface area contributed by atoms with Crippen LogP contribution in [0.5, 0.6) is 5.75 Å². The molecule has 3 heterocycles. The van der Waals surface area contributed by atoms with E-state index >= 15 is 0 Å². The summed E-state index contributed by atoms with van der Waals surface area (Å²) in [5.74, 6) is -0.114. The molecule has 3 aromatic carbocycles. The van der Waals surface area contributed by atoms with E-state index in [9.17, 15) is 19.5 Å². The molecule has 2 unspecified atom stereocenters. The molecule has 2 atom stereocenters. The number of urea groups is 1. The average Bonchev–Trinajstić information content (AvgIpc) is 3.68. The van der Waals surface area contributed by atoms with E-state index in [0.717, 1.165) is 26.9 Å². The summed E-state index contributed by atoms with van der Waals surface area (Å²) < 4.78 is 0.937. The number of nitrogens with one attached hydrogen (secondary N) is 1. The van der Waals surface area contributed by atoms with Crippen LogP contribution in [0, 0.1) is 5.41 Å². The van der Waals surface area contributed by atoms with Gasteiger partial charge in [0.05, 0.1) is 22.2 Å². The Bertz CT molecular complexity index is 1700. The molecule has 4 N–H and O–H groups in total. The molecule has 2 aliphatic heterocycles. The number of hydrogen-bond acceptors (Lipinski definition) is 7. The van der Waals surface area contributed by atoms with Gasteiger partial charge >= 0.3 is 6.03 Å². The molecule has 11 heteroatoms. The summed E-state index contributed by atoms with van der Waals surface area (Å²) >= 11 is 1.39. The largest absolute Gasteiger partial charge is 0.508 e. The molecule has 1 aliphatic carbocycles. The van der Waals surface area contributed by atoms with Crippen molar-refractivity contribution < 1.29 is 19.5 Å². The number of aromatic hydroxyl groups is 1. The number of amides is 4. The average molecular weight is 597 g/mol. The SMILES string of the molecule is Nc1nc2c(CN3CC4N(C(=O)NCc5ccccc5)CC5(CC5)C(=O)N4C(Cc4ccc(O)cc4)C3=O)cccc2s1. The number of nitrogen functional groups attached to an aromatic ring is 1. The minimum atomic E-state index is -0.808.